The Bertz CT molecular complexity index is 329. The van der Waals surface area contributed by atoms with Gasteiger partial charge in [0.2, 0.25) is 5.91 Å². The van der Waals surface area contributed by atoms with E-state index in [1.54, 1.807) is 4.90 Å². The third-order valence-electron chi connectivity index (χ3n) is 2.68. The average Bonchev–Trinajstić information content (AvgIpc) is 2.12. The molecule has 0 atom stereocenters. The molecule has 0 amide bonds. The highest BCUT2D eigenvalue weighted by atomic mass is 32.2. The second-order valence-corrected chi connectivity index (χ2v) is 5.49. The lowest BCUT2D eigenvalue weighted by Crippen LogP contribution is -2.62. The maximum Gasteiger partial charge on any atom is 0.266 e. The SMILES string of the molecule is CCN1CCN(CCS(=O)(=O)O)CC1(O)O. The van der Waals surface area contributed by atoms with Crippen LogP contribution in [0.2, 0.25) is 0 Å². The number of likely N-dealkylation sites (N-methyl/N-ethyl adjacent to an activating group) is 1. The van der Waals surface area contributed by atoms with Gasteiger partial charge in [-0.2, -0.15) is 8.42 Å². The van der Waals surface area contributed by atoms with E-state index >= 15 is 0 Å². The molecule has 1 aliphatic rings. The van der Waals surface area contributed by atoms with Crippen molar-refractivity contribution < 1.29 is 23.2 Å². The van der Waals surface area contributed by atoms with Gasteiger partial charge in [0.1, 0.15) is 0 Å². The van der Waals surface area contributed by atoms with Gasteiger partial charge in [0.15, 0.2) is 0 Å². The van der Waals surface area contributed by atoms with E-state index in [1.165, 1.54) is 4.90 Å². The fourth-order valence-electron chi connectivity index (χ4n) is 1.77. The van der Waals surface area contributed by atoms with Gasteiger partial charge in [-0.1, -0.05) is 6.92 Å². The first-order chi connectivity index (χ1) is 7.24. The van der Waals surface area contributed by atoms with E-state index in [9.17, 15) is 18.6 Å². The Kier molecular flexibility index (Phi) is 4.27. The molecule has 0 radical (unpaired) electrons. The molecule has 7 nitrogen and oxygen atoms in total. The Morgan fingerprint density at radius 1 is 1.31 bits per heavy atom. The molecule has 0 aromatic rings. The highest BCUT2D eigenvalue weighted by Crippen LogP contribution is 2.15. The Balaban J connectivity index is 2.49. The van der Waals surface area contributed by atoms with Crippen LogP contribution in [0.5, 0.6) is 0 Å². The molecule has 96 valence electrons. The van der Waals surface area contributed by atoms with Gasteiger partial charge in [0, 0.05) is 26.2 Å². The van der Waals surface area contributed by atoms with Crippen LogP contribution in [0.15, 0.2) is 0 Å². The topological polar surface area (TPSA) is 101 Å². The van der Waals surface area contributed by atoms with Crippen LogP contribution in [-0.4, -0.2) is 77.4 Å². The van der Waals surface area contributed by atoms with E-state index in [2.05, 4.69) is 0 Å². The first kappa shape index (κ1) is 13.8. The van der Waals surface area contributed by atoms with Crippen LogP contribution >= 0.6 is 0 Å². The van der Waals surface area contributed by atoms with Crippen molar-refractivity contribution in [1.82, 2.24) is 9.80 Å². The van der Waals surface area contributed by atoms with Crippen LogP contribution in [0.25, 0.3) is 0 Å². The van der Waals surface area contributed by atoms with Crippen LogP contribution < -0.4 is 0 Å². The molecule has 0 bridgehead atoms. The van der Waals surface area contributed by atoms with Gasteiger partial charge in [-0.05, 0) is 0 Å². The molecule has 16 heavy (non-hydrogen) atoms. The molecule has 0 aromatic carbocycles. The van der Waals surface area contributed by atoms with E-state index in [4.69, 9.17) is 4.55 Å². The largest absolute Gasteiger partial charge is 0.352 e. The van der Waals surface area contributed by atoms with E-state index in [1.807, 2.05) is 6.92 Å². The van der Waals surface area contributed by atoms with E-state index in [-0.39, 0.29) is 13.1 Å². The molecular formula is C8H18N2O5S. The van der Waals surface area contributed by atoms with Crippen LogP contribution in [0, 0.1) is 0 Å². The second kappa shape index (κ2) is 4.94. The minimum Gasteiger partial charge on any atom is -0.352 e. The molecule has 0 unspecified atom stereocenters. The molecule has 0 aliphatic carbocycles. The minimum atomic E-state index is -4.00. The van der Waals surface area contributed by atoms with Crippen molar-refractivity contribution in [3.8, 4) is 0 Å². The van der Waals surface area contributed by atoms with Gasteiger partial charge in [0.25, 0.3) is 10.1 Å². The maximum atomic E-state index is 10.5. The van der Waals surface area contributed by atoms with Crippen molar-refractivity contribution in [3.05, 3.63) is 0 Å². The van der Waals surface area contributed by atoms with Gasteiger partial charge in [-0.3, -0.25) is 14.4 Å². The van der Waals surface area contributed by atoms with E-state index in [0.29, 0.717) is 19.6 Å². The fraction of sp³-hybridized carbons (Fsp3) is 1.00. The van der Waals surface area contributed by atoms with E-state index < -0.39 is 21.8 Å². The van der Waals surface area contributed by atoms with Crippen molar-refractivity contribution in [3.63, 3.8) is 0 Å². The van der Waals surface area contributed by atoms with Crippen LogP contribution in [0.3, 0.4) is 0 Å². The number of β-amino-alcohol motifs (C(OH)–C–C–N with tert-alkyl or cyclic N) is 2. The lowest BCUT2D eigenvalue weighted by molar-refractivity contribution is -0.285. The quantitative estimate of drug-likeness (QED) is 0.400. The molecule has 0 saturated carbocycles. The molecule has 8 heteroatoms. The zero-order valence-electron chi connectivity index (χ0n) is 9.20. The van der Waals surface area contributed by atoms with Crippen LogP contribution in [0.1, 0.15) is 6.92 Å². The Morgan fingerprint density at radius 3 is 2.38 bits per heavy atom. The Morgan fingerprint density at radius 2 is 1.94 bits per heavy atom. The van der Waals surface area contributed by atoms with Crippen LogP contribution in [0.4, 0.5) is 0 Å². The molecule has 1 fully saturated rings. The number of hydrogen-bond acceptors (Lipinski definition) is 6. The number of nitrogens with zero attached hydrogens (tertiary/aromatic N) is 2. The zero-order valence-corrected chi connectivity index (χ0v) is 10.0. The van der Waals surface area contributed by atoms with E-state index in [0.717, 1.165) is 0 Å². The molecule has 1 heterocycles. The summed E-state index contributed by atoms with van der Waals surface area (Å²) in [5, 5.41) is 19.3. The van der Waals surface area contributed by atoms with Crippen molar-refractivity contribution >= 4 is 10.1 Å². The summed E-state index contributed by atoms with van der Waals surface area (Å²) in [5.74, 6) is -2.32. The average molecular weight is 254 g/mol. The summed E-state index contributed by atoms with van der Waals surface area (Å²) >= 11 is 0. The van der Waals surface area contributed by atoms with Crippen molar-refractivity contribution in [2.45, 2.75) is 12.8 Å². The highest BCUT2D eigenvalue weighted by molar-refractivity contribution is 7.85. The Labute approximate surface area is 95.0 Å². The minimum absolute atomic E-state index is 0.0453. The number of piperazine rings is 1. The third kappa shape index (κ3) is 3.96. The summed E-state index contributed by atoms with van der Waals surface area (Å²) < 4.78 is 29.7. The van der Waals surface area contributed by atoms with Gasteiger partial charge in [-0.25, -0.2) is 0 Å². The predicted molar refractivity (Wildman–Crippen MR) is 57.3 cm³/mol. The van der Waals surface area contributed by atoms with Crippen molar-refractivity contribution in [1.29, 1.82) is 0 Å². The Hall–Kier alpha value is -0.250. The number of hydrogen-bond donors (Lipinski definition) is 3. The first-order valence-corrected chi connectivity index (χ1v) is 6.73. The van der Waals surface area contributed by atoms with Crippen molar-refractivity contribution in [2.75, 3.05) is 38.5 Å². The predicted octanol–water partition coefficient (Wildman–Crippen LogP) is -1.85. The summed E-state index contributed by atoms with van der Waals surface area (Å²) in [5.41, 5.74) is 0. The van der Waals surface area contributed by atoms with Crippen molar-refractivity contribution in [2.24, 2.45) is 0 Å². The lowest BCUT2D eigenvalue weighted by Gasteiger charge is -2.43. The molecule has 0 aromatic heterocycles. The summed E-state index contributed by atoms with van der Waals surface area (Å²) in [6.07, 6.45) is 0. The lowest BCUT2D eigenvalue weighted by atomic mass is 10.2. The van der Waals surface area contributed by atoms with Gasteiger partial charge < -0.3 is 10.2 Å². The summed E-state index contributed by atoms with van der Waals surface area (Å²) in [6, 6.07) is 0. The summed E-state index contributed by atoms with van der Waals surface area (Å²) in [6.45, 7) is 3.38. The monoisotopic (exact) mass is 254 g/mol. The summed E-state index contributed by atoms with van der Waals surface area (Å²) in [7, 11) is -4.00. The first-order valence-electron chi connectivity index (χ1n) is 5.12. The maximum absolute atomic E-state index is 10.5. The normalized spacial score (nSPS) is 23.5. The fourth-order valence-corrected chi connectivity index (χ4v) is 2.26. The molecular weight excluding hydrogens is 236 g/mol. The second-order valence-electron chi connectivity index (χ2n) is 3.92. The molecule has 3 N–H and O–H groups in total. The van der Waals surface area contributed by atoms with Gasteiger partial charge in [-0.15, -0.1) is 0 Å². The van der Waals surface area contributed by atoms with Crippen LogP contribution in [-0.2, 0) is 10.1 Å². The smallest absolute Gasteiger partial charge is 0.266 e. The highest BCUT2D eigenvalue weighted by Gasteiger charge is 2.37. The number of aliphatic hydroxyl groups is 2. The molecule has 1 saturated heterocycles. The number of rotatable bonds is 4. The molecule has 0 spiro atoms. The zero-order chi connectivity index (χ0) is 12.4. The standard InChI is InChI=1S/C8H18N2O5S/c1-2-10-4-3-9(7-8(10,11)12)5-6-16(13,14)15/h11-12H,2-7H2,1H3,(H,13,14,15). The van der Waals surface area contributed by atoms with Gasteiger partial charge >= 0.3 is 0 Å². The summed E-state index contributed by atoms with van der Waals surface area (Å²) in [4.78, 5) is 3.09. The van der Waals surface area contributed by atoms with Gasteiger partial charge in [0.05, 0.1) is 12.3 Å². The molecule has 1 rings (SSSR count). The third-order valence-corrected chi connectivity index (χ3v) is 3.37. The molecule has 1 aliphatic heterocycles.